The van der Waals surface area contributed by atoms with Crippen molar-refractivity contribution >= 4 is 29.1 Å². The van der Waals surface area contributed by atoms with Gasteiger partial charge in [0, 0.05) is 23.1 Å². The van der Waals surface area contributed by atoms with Crippen molar-refractivity contribution < 1.29 is 9.53 Å². The van der Waals surface area contributed by atoms with E-state index < -0.39 is 0 Å². The van der Waals surface area contributed by atoms with Crippen LogP contribution in [0.2, 0.25) is 0 Å². The molecule has 3 rings (SSSR count). The predicted octanol–water partition coefficient (Wildman–Crippen LogP) is 5.49. The molecule has 0 unspecified atom stereocenters. The second-order valence-corrected chi connectivity index (χ2v) is 7.23. The van der Waals surface area contributed by atoms with Gasteiger partial charge in [-0.25, -0.2) is 9.78 Å². The zero-order chi connectivity index (χ0) is 21.0. The normalized spacial score (nSPS) is 10.7. The van der Waals surface area contributed by atoms with Crippen LogP contribution in [0.25, 0.3) is 0 Å². The van der Waals surface area contributed by atoms with E-state index in [1.165, 1.54) is 12.7 Å². The lowest BCUT2D eigenvalue weighted by Gasteiger charge is -2.17. The van der Waals surface area contributed by atoms with E-state index in [1.54, 1.807) is 12.1 Å². The number of aromatic nitrogens is 2. The van der Waals surface area contributed by atoms with Crippen LogP contribution in [0, 0.1) is 13.8 Å². The highest BCUT2D eigenvalue weighted by Crippen LogP contribution is 2.30. The first-order valence-corrected chi connectivity index (χ1v) is 9.55. The van der Waals surface area contributed by atoms with Crippen molar-refractivity contribution in [2.24, 2.45) is 0 Å². The van der Waals surface area contributed by atoms with Crippen molar-refractivity contribution in [3.8, 4) is 0 Å². The zero-order valence-corrected chi connectivity index (χ0v) is 17.4. The monoisotopic (exact) mass is 390 g/mol. The van der Waals surface area contributed by atoms with Gasteiger partial charge in [0.15, 0.2) is 0 Å². The van der Waals surface area contributed by atoms with Crippen LogP contribution in [0.1, 0.15) is 46.9 Å². The Kier molecular flexibility index (Phi) is 6.12. The van der Waals surface area contributed by atoms with Crippen molar-refractivity contribution in [2.45, 2.75) is 33.6 Å². The van der Waals surface area contributed by atoms with Gasteiger partial charge in [-0.2, -0.15) is 4.98 Å². The molecule has 0 fully saturated rings. The van der Waals surface area contributed by atoms with Crippen molar-refractivity contribution in [1.82, 2.24) is 9.97 Å². The summed E-state index contributed by atoms with van der Waals surface area (Å²) in [5.41, 5.74) is 5.58. The van der Waals surface area contributed by atoms with E-state index in [2.05, 4.69) is 59.6 Å². The van der Waals surface area contributed by atoms with Crippen molar-refractivity contribution in [3.63, 3.8) is 0 Å². The lowest BCUT2D eigenvalue weighted by Crippen LogP contribution is -2.06. The van der Waals surface area contributed by atoms with E-state index in [0.29, 0.717) is 23.2 Å². The lowest BCUT2D eigenvalue weighted by atomic mass is 9.98. The first kappa shape index (κ1) is 20.3. The number of ether oxygens (including phenoxy) is 1. The number of anilines is 4. The van der Waals surface area contributed by atoms with E-state index in [4.69, 9.17) is 4.74 Å². The largest absolute Gasteiger partial charge is 0.465 e. The molecule has 0 saturated heterocycles. The Morgan fingerprint density at radius 3 is 2.38 bits per heavy atom. The number of carbonyl (C=O) groups is 1. The van der Waals surface area contributed by atoms with Gasteiger partial charge in [-0.3, -0.25) is 0 Å². The SMILES string of the molecule is COC(=O)c1ccc(Nc2cc(C)nc(Nc3c(C)cccc3C(C)C)n2)cc1. The third-order valence-corrected chi connectivity index (χ3v) is 4.60. The van der Waals surface area contributed by atoms with E-state index in [1.807, 2.05) is 25.1 Å². The average molecular weight is 390 g/mol. The van der Waals surface area contributed by atoms with Gasteiger partial charge in [0.2, 0.25) is 5.95 Å². The minimum absolute atomic E-state index is 0.361. The van der Waals surface area contributed by atoms with Gasteiger partial charge in [0.25, 0.3) is 0 Å². The van der Waals surface area contributed by atoms with Gasteiger partial charge < -0.3 is 15.4 Å². The lowest BCUT2D eigenvalue weighted by molar-refractivity contribution is 0.0601. The molecular weight excluding hydrogens is 364 g/mol. The minimum atomic E-state index is -0.361. The van der Waals surface area contributed by atoms with Gasteiger partial charge in [-0.05, 0) is 55.2 Å². The third kappa shape index (κ3) is 4.90. The minimum Gasteiger partial charge on any atom is -0.465 e. The molecule has 0 aliphatic carbocycles. The molecule has 6 heteroatoms. The molecular formula is C23H26N4O2. The number of benzene rings is 2. The second-order valence-electron chi connectivity index (χ2n) is 7.23. The fourth-order valence-electron chi connectivity index (χ4n) is 3.10. The Bertz CT molecular complexity index is 1010. The number of methoxy groups -OCH3 is 1. The van der Waals surface area contributed by atoms with Crippen LogP contribution in [0.5, 0.6) is 0 Å². The van der Waals surface area contributed by atoms with Crippen molar-refractivity contribution in [1.29, 1.82) is 0 Å². The Balaban J connectivity index is 1.85. The standard InChI is InChI=1S/C23H26N4O2/c1-14(2)19-8-6-7-15(3)21(19)27-23-24-16(4)13-20(26-23)25-18-11-9-17(10-12-18)22(28)29-5/h6-14H,1-5H3,(H2,24,25,26,27). The topological polar surface area (TPSA) is 76.1 Å². The van der Waals surface area contributed by atoms with Crippen LogP contribution in [0.3, 0.4) is 0 Å². The number of nitrogens with one attached hydrogen (secondary N) is 2. The predicted molar refractivity (Wildman–Crippen MR) is 116 cm³/mol. The summed E-state index contributed by atoms with van der Waals surface area (Å²) in [4.78, 5) is 20.7. The van der Waals surface area contributed by atoms with Gasteiger partial charge in [-0.1, -0.05) is 32.0 Å². The highest BCUT2D eigenvalue weighted by atomic mass is 16.5. The number of para-hydroxylation sites is 1. The summed E-state index contributed by atoms with van der Waals surface area (Å²) in [6.07, 6.45) is 0. The molecule has 1 aromatic heterocycles. The van der Waals surface area contributed by atoms with Gasteiger partial charge in [0.1, 0.15) is 5.82 Å². The maximum Gasteiger partial charge on any atom is 0.337 e. The Labute approximate surface area is 171 Å². The Morgan fingerprint density at radius 2 is 1.72 bits per heavy atom. The summed E-state index contributed by atoms with van der Waals surface area (Å²) < 4.78 is 4.73. The molecule has 6 nitrogen and oxygen atoms in total. The van der Waals surface area contributed by atoms with Crippen LogP contribution >= 0.6 is 0 Å². The number of hydrogen-bond donors (Lipinski definition) is 2. The van der Waals surface area contributed by atoms with E-state index in [9.17, 15) is 4.79 Å². The molecule has 0 atom stereocenters. The van der Waals surface area contributed by atoms with E-state index in [-0.39, 0.29) is 5.97 Å². The number of rotatable bonds is 6. The molecule has 0 amide bonds. The van der Waals surface area contributed by atoms with Gasteiger partial charge in [-0.15, -0.1) is 0 Å². The van der Waals surface area contributed by atoms with Gasteiger partial charge in [0.05, 0.1) is 12.7 Å². The zero-order valence-electron chi connectivity index (χ0n) is 17.4. The molecule has 0 aliphatic heterocycles. The molecule has 2 aromatic carbocycles. The summed E-state index contributed by atoms with van der Waals surface area (Å²) in [5, 5.41) is 6.66. The molecule has 0 saturated carbocycles. The average Bonchev–Trinajstić information content (AvgIpc) is 2.69. The highest BCUT2D eigenvalue weighted by Gasteiger charge is 2.12. The van der Waals surface area contributed by atoms with Crippen LogP contribution in [0.4, 0.5) is 23.1 Å². The number of esters is 1. The second kappa shape index (κ2) is 8.73. The summed E-state index contributed by atoms with van der Waals surface area (Å²) in [5.74, 6) is 1.23. The van der Waals surface area contributed by atoms with E-state index in [0.717, 1.165) is 22.6 Å². The molecule has 1 heterocycles. The van der Waals surface area contributed by atoms with E-state index >= 15 is 0 Å². The maximum atomic E-state index is 11.6. The van der Waals surface area contributed by atoms with Crippen LogP contribution in [0.15, 0.2) is 48.5 Å². The number of hydrogen-bond acceptors (Lipinski definition) is 6. The Morgan fingerprint density at radius 1 is 1.00 bits per heavy atom. The maximum absolute atomic E-state index is 11.6. The summed E-state index contributed by atoms with van der Waals surface area (Å²) in [6, 6.07) is 15.2. The van der Waals surface area contributed by atoms with Crippen molar-refractivity contribution in [3.05, 3.63) is 70.9 Å². The van der Waals surface area contributed by atoms with Gasteiger partial charge >= 0.3 is 5.97 Å². The summed E-state index contributed by atoms with van der Waals surface area (Å²) in [7, 11) is 1.37. The van der Waals surface area contributed by atoms with Crippen LogP contribution in [-0.2, 0) is 4.74 Å². The number of aryl methyl sites for hydroxylation is 2. The quantitative estimate of drug-likeness (QED) is 0.542. The Hall–Kier alpha value is -3.41. The molecule has 3 aromatic rings. The first-order chi connectivity index (χ1) is 13.9. The summed E-state index contributed by atoms with van der Waals surface area (Å²) >= 11 is 0. The molecule has 150 valence electrons. The van der Waals surface area contributed by atoms with Crippen molar-refractivity contribution in [2.75, 3.05) is 17.7 Å². The smallest absolute Gasteiger partial charge is 0.337 e. The van der Waals surface area contributed by atoms with Crippen LogP contribution < -0.4 is 10.6 Å². The molecule has 2 N–H and O–H groups in total. The molecule has 29 heavy (non-hydrogen) atoms. The molecule has 0 aliphatic rings. The molecule has 0 radical (unpaired) electrons. The third-order valence-electron chi connectivity index (χ3n) is 4.60. The number of nitrogens with zero attached hydrogens (tertiary/aromatic N) is 2. The fraction of sp³-hybridized carbons (Fsp3) is 0.261. The van der Waals surface area contributed by atoms with Crippen LogP contribution in [-0.4, -0.2) is 23.0 Å². The molecule has 0 bridgehead atoms. The fourth-order valence-corrected chi connectivity index (χ4v) is 3.10. The number of carbonyl (C=O) groups excluding carboxylic acids is 1. The molecule has 0 spiro atoms. The first-order valence-electron chi connectivity index (χ1n) is 9.55. The summed E-state index contributed by atoms with van der Waals surface area (Å²) in [6.45, 7) is 8.34. The highest BCUT2D eigenvalue weighted by molar-refractivity contribution is 5.89.